The van der Waals surface area contributed by atoms with Crippen molar-refractivity contribution in [2.45, 2.75) is 45.6 Å². The van der Waals surface area contributed by atoms with E-state index in [2.05, 4.69) is 13.8 Å². The first-order valence-corrected chi connectivity index (χ1v) is 7.60. The van der Waals surface area contributed by atoms with Crippen molar-refractivity contribution in [1.82, 2.24) is 0 Å². The Labute approximate surface area is 98.1 Å². The number of hydrogen-bond acceptors (Lipinski definition) is 3. The van der Waals surface area contributed by atoms with Gasteiger partial charge < -0.3 is 4.74 Å². The Morgan fingerprint density at radius 1 is 1.38 bits per heavy atom. The minimum Gasteiger partial charge on any atom is -0.378 e. The van der Waals surface area contributed by atoms with Crippen LogP contribution in [0.25, 0.3) is 0 Å². The van der Waals surface area contributed by atoms with E-state index in [9.17, 15) is 8.42 Å². The van der Waals surface area contributed by atoms with Gasteiger partial charge in [0.15, 0.2) is 0 Å². The van der Waals surface area contributed by atoms with E-state index < -0.39 is 10.1 Å². The fourth-order valence-corrected chi connectivity index (χ4v) is 2.95. The van der Waals surface area contributed by atoms with Gasteiger partial charge in [0, 0.05) is 6.61 Å². The molecule has 0 heterocycles. The molecule has 5 heteroatoms. The molecule has 1 fully saturated rings. The van der Waals surface area contributed by atoms with Gasteiger partial charge in [-0.2, -0.15) is 8.42 Å². The van der Waals surface area contributed by atoms with Crippen molar-refractivity contribution in [3.05, 3.63) is 0 Å². The van der Waals surface area contributed by atoms with Crippen molar-refractivity contribution in [2.75, 3.05) is 12.4 Å². The van der Waals surface area contributed by atoms with E-state index in [1.165, 1.54) is 6.42 Å². The van der Waals surface area contributed by atoms with Crippen molar-refractivity contribution in [1.29, 1.82) is 0 Å². The maximum Gasteiger partial charge on any atom is 0.264 e. The largest absolute Gasteiger partial charge is 0.378 e. The molecule has 0 aromatic heterocycles. The Bertz CT molecular complexity index is 299. The van der Waals surface area contributed by atoms with Crippen LogP contribution in [0.3, 0.4) is 0 Å². The van der Waals surface area contributed by atoms with Crippen molar-refractivity contribution >= 4 is 10.1 Å². The minimum absolute atomic E-state index is 0.202. The second-order valence-corrected chi connectivity index (χ2v) is 6.32. The quantitative estimate of drug-likeness (QED) is 0.579. The summed E-state index contributed by atoms with van der Waals surface area (Å²) in [6.07, 6.45) is 4.00. The number of ether oxygens (including phenoxy) is 1. The van der Waals surface area contributed by atoms with Crippen molar-refractivity contribution in [2.24, 2.45) is 11.8 Å². The monoisotopic (exact) mass is 250 g/mol. The molecule has 1 rings (SSSR count). The SMILES string of the molecule is CCC1CC(OCCCS(=O)(=O)O)CC1C. The van der Waals surface area contributed by atoms with Gasteiger partial charge in [-0.25, -0.2) is 0 Å². The molecule has 3 atom stereocenters. The van der Waals surface area contributed by atoms with Gasteiger partial charge in [-0.15, -0.1) is 0 Å². The molecule has 4 nitrogen and oxygen atoms in total. The Hall–Kier alpha value is -0.130. The molecule has 0 radical (unpaired) electrons. The summed E-state index contributed by atoms with van der Waals surface area (Å²) in [5.74, 6) is 1.25. The molecule has 0 amide bonds. The van der Waals surface area contributed by atoms with Gasteiger partial charge in [-0.1, -0.05) is 20.3 Å². The molecule has 0 saturated heterocycles. The van der Waals surface area contributed by atoms with Crippen LogP contribution >= 0.6 is 0 Å². The third-order valence-electron chi connectivity index (χ3n) is 3.43. The molecule has 0 aromatic rings. The first-order valence-electron chi connectivity index (χ1n) is 5.99. The lowest BCUT2D eigenvalue weighted by Gasteiger charge is -2.11. The molecular weight excluding hydrogens is 228 g/mol. The Kier molecular flexibility index (Phi) is 5.21. The van der Waals surface area contributed by atoms with Crippen molar-refractivity contribution in [3.63, 3.8) is 0 Å². The molecule has 1 aliphatic rings. The fraction of sp³-hybridized carbons (Fsp3) is 1.00. The molecule has 1 saturated carbocycles. The summed E-state index contributed by atoms with van der Waals surface area (Å²) >= 11 is 0. The summed E-state index contributed by atoms with van der Waals surface area (Å²) in [7, 11) is -3.83. The standard InChI is InChI=1S/C11H22O4S/c1-3-10-8-11(7-9(10)2)15-5-4-6-16(12,13)14/h9-11H,3-8H2,1-2H3,(H,12,13,14). The minimum atomic E-state index is -3.83. The van der Waals surface area contributed by atoms with E-state index in [1.807, 2.05) is 0 Å². The van der Waals surface area contributed by atoms with Crippen LogP contribution in [-0.4, -0.2) is 31.4 Å². The zero-order valence-electron chi connectivity index (χ0n) is 10.1. The average Bonchev–Trinajstić information content (AvgIpc) is 2.52. The Morgan fingerprint density at radius 2 is 2.06 bits per heavy atom. The molecule has 0 spiro atoms. The summed E-state index contributed by atoms with van der Waals surface area (Å²) < 4.78 is 35.1. The predicted octanol–water partition coefficient (Wildman–Crippen LogP) is 2.11. The third kappa shape index (κ3) is 4.80. The average molecular weight is 250 g/mol. The molecule has 16 heavy (non-hydrogen) atoms. The van der Waals surface area contributed by atoms with E-state index in [1.54, 1.807) is 0 Å². The second-order valence-electron chi connectivity index (χ2n) is 4.75. The summed E-state index contributed by atoms with van der Waals surface area (Å²) in [6.45, 7) is 4.87. The van der Waals surface area contributed by atoms with E-state index >= 15 is 0 Å². The first-order chi connectivity index (χ1) is 7.42. The summed E-state index contributed by atoms with van der Waals surface area (Å²) in [5, 5.41) is 0. The number of rotatable bonds is 6. The summed E-state index contributed by atoms with van der Waals surface area (Å²) in [6, 6.07) is 0. The van der Waals surface area contributed by atoms with Crippen LogP contribution in [0.2, 0.25) is 0 Å². The zero-order valence-corrected chi connectivity index (χ0v) is 10.9. The van der Waals surface area contributed by atoms with Gasteiger partial charge in [-0.05, 0) is 31.1 Å². The van der Waals surface area contributed by atoms with Gasteiger partial charge in [0.25, 0.3) is 10.1 Å². The molecule has 3 unspecified atom stereocenters. The highest BCUT2D eigenvalue weighted by molar-refractivity contribution is 7.85. The van der Waals surface area contributed by atoms with E-state index in [0.29, 0.717) is 18.9 Å². The van der Waals surface area contributed by atoms with Gasteiger partial charge in [0.2, 0.25) is 0 Å². The van der Waals surface area contributed by atoms with Gasteiger partial charge in [0.1, 0.15) is 0 Å². The first kappa shape index (κ1) is 13.9. The topological polar surface area (TPSA) is 63.6 Å². The van der Waals surface area contributed by atoms with Gasteiger partial charge in [0.05, 0.1) is 11.9 Å². The molecule has 0 aromatic carbocycles. The maximum atomic E-state index is 10.5. The van der Waals surface area contributed by atoms with E-state index in [-0.39, 0.29) is 11.9 Å². The highest BCUT2D eigenvalue weighted by atomic mass is 32.2. The van der Waals surface area contributed by atoms with Crippen LogP contribution in [0, 0.1) is 11.8 Å². The normalized spacial score (nSPS) is 30.8. The van der Waals surface area contributed by atoms with Crippen LogP contribution in [0.15, 0.2) is 0 Å². The highest BCUT2D eigenvalue weighted by Gasteiger charge is 2.30. The third-order valence-corrected chi connectivity index (χ3v) is 4.23. The predicted molar refractivity (Wildman–Crippen MR) is 63.0 cm³/mol. The van der Waals surface area contributed by atoms with Crippen molar-refractivity contribution in [3.8, 4) is 0 Å². The van der Waals surface area contributed by atoms with Crippen LogP contribution in [0.1, 0.15) is 39.5 Å². The van der Waals surface area contributed by atoms with Crippen LogP contribution in [-0.2, 0) is 14.9 Å². The molecule has 0 aliphatic heterocycles. The van der Waals surface area contributed by atoms with Crippen LogP contribution in [0.4, 0.5) is 0 Å². The molecule has 96 valence electrons. The molecular formula is C11H22O4S. The molecule has 1 N–H and O–H groups in total. The molecule has 0 bridgehead atoms. The highest BCUT2D eigenvalue weighted by Crippen LogP contribution is 2.35. The fourth-order valence-electron chi connectivity index (χ4n) is 2.47. The number of hydrogen-bond donors (Lipinski definition) is 1. The summed E-state index contributed by atoms with van der Waals surface area (Å²) in [5.41, 5.74) is 0. The Morgan fingerprint density at radius 3 is 2.56 bits per heavy atom. The molecule has 1 aliphatic carbocycles. The lowest BCUT2D eigenvalue weighted by Crippen LogP contribution is -2.13. The lowest BCUT2D eigenvalue weighted by atomic mass is 9.96. The summed E-state index contributed by atoms with van der Waals surface area (Å²) in [4.78, 5) is 0. The van der Waals surface area contributed by atoms with Crippen LogP contribution in [0.5, 0.6) is 0 Å². The lowest BCUT2D eigenvalue weighted by molar-refractivity contribution is 0.0548. The van der Waals surface area contributed by atoms with Gasteiger partial charge >= 0.3 is 0 Å². The maximum absolute atomic E-state index is 10.5. The Balaban J connectivity index is 2.16. The smallest absolute Gasteiger partial charge is 0.264 e. The van der Waals surface area contributed by atoms with E-state index in [0.717, 1.165) is 18.8 Å². The van der Waals surface area contributed by atoms with Crippen molar-refractivity contribution < 1.29 is 17.7 Å². The second kappa shape index (κ2) is 5.98. The zero-order chi connectivity index (χ0) is 12.2. The van der Waals surface area contributed by atoms with Crippen LogP contribution < -0.4 is 0 Å². The van der Waals surface area contributed by atoms with E-state index in [4.69, 9.17) is 9.29 Å². The van der Waals surface area contributed by atoms with Gasteiger partial charge in [-0.3, -0.25) is 4.55 Å².